The van der Waals surface area contributed by atoms with Gasteiger partial charge in [0.25, 0.3) is 5.91 Å². The van der Waals surface area contributed by atoms with Crippen molar-refractivity contribution in [3.05, 3.63) is 29.8 Å². The van der Waals surface area contributed by atoms with Crippen molar-refractivity contribution in [3.63, 3.8) is 0 Å². The molecule has 100 valence electrons. The van der Waals surface area contributed by atoms with E-state index in [0.717, 1.165) is 18.4 Å². The van der Waals surface area contributed by atoms with Gasteiger partial charge in [-0.05, 0) is 24.1 Å². The molecule has 0 heterocycles. The van der Waals surface area contributed by atoms with E-state index < -0.39 is 22.5 Å². The smallest absolute Gasteiger partial charge is 0.258 e. The predicted octanol–water partition coefficient (Wildman–Crippen LogP) is 0.423. The minimum atomic E-state index is -3.72. The van der Waals surface area contributed by atoms with Crippen LogP contribution < -0.4 is 10.2 Å². The number of nitrogens with one attached hydrogen (secondary N) is 2. The van der Waals surface area contributed by atoms with Crippen LogP contribution in [0.15, 0.2) is 29.2 Å². The maximum atomic E-state index is 11.7. The highest BCUT2D eigenvalue weighted by atomic mass is 32.2. The summed E-state index contributed by atoms with van der Waals surface area (Å²) in [5.41, 5.74) is 2.41. The zero-order valence-corrected chi connectivity index (χ0v) is 10.8. The topological polar surface area (TPSA) is 95.5 Å². The van der Waals surface area contributed by atoms with Crippen molar-refractivity contribution >= 4 is 15.9 Å². The summed E-state index contributed by atoms with van der Waals surface area (Å²) in [4.78, 5) is 10.8. The Morgan fingerprint density at radius 1 is 1.28 bits per heavy atom. The molecule has 0 radical (unpaired) electrons. The second kappa shape index (κ2) is 6.48. The number of hydrogen-bond donors (Lipinski definition) is 3. The fraction of sp³-hybridized carbons (Fsp3) is 0.364. The van der Waals surface area contributed by atoms with E-state index in [1.807, 2.05) is 6.92 Å². The van der Waals surface area contributed by atoms with Crippen molar-refractivity contribution in [1.29, 1.82) is 0 Å². The predicted molar refractivity (Wildman–Crippen MR) is 65.6 cm³/mol. The first-order valence-electron chi connectivity index (χ1n) is 5.51. The van der Waals surface area contributed by atoms with Crippen molar-refractivity contribution in [2.75, 3.05) is 6.54 Å². The maximum absolute atomic E-state index is 11.7. The zero-order chi connectivity index (χ0) is 13.6. The molecular weight excluding hydrogens is 256 g/mol. The van der Waals surface area contributed by atoms with Crippen LogP contribution >= 0.6 is 0 Å². The first-order chi connectivity index (χ1) is 8.49. The van der Waals surface area contributed by atoms with Crippen LogP contribution in [0.2, 0.25) is 0 Å². The van der Waals surface area contributed by atoms with Crippen LogP contribution in [0.5, 0.6) is 0 Å². The Labute approximate surface area is 106 Å². The van der Waals surface area contributed by atoms with Gasteiger partial charge in [0.2, 0.25) is 10.0 Å². The summed E-state index contributed by atoms with van der Waals surface area (Å²) in [6, 6.07) is 6.46. The van der Waals surface area contributed by atoms with Gasteiger partial charge in [-0.1, -0.05) is 25.5 Å². The third kappa shape index (κ3) is 4.10. The SMILES string of the molecule is CCCc1ccc(S(=O)(=O)NCC(=O)NO)cc1. The molecular formula is C11H16N2O4S. The number of carbonyl (C=O) groups excluding carboxylic acids is 1. The molecule has 0 unspecified atom stereocenters. The van der Waals surface area contributed by atoms with Gasteiger partial charge in [0.1, 0.15) is 0 Å². The third-order valence-corrected chi connectivity index (χ3v) is 3.74. The van der Waals surface area contributed by atoms with Crippen molar-refractivity contribution in [2.45, 2.75) is 24.7 Å². The molecule has 1 amide bonds. The molecule has 18 heavy (non-hydrogen) atoms. The summed E-state index contributed by atoms with van der Waals surface area (Å²) in [5.74, 6) is -0.818. The molecule has 3 N–H and O–H groups in total. The van der Waals surface area contributed by atoms with Crippen LogP contribution in [0.1, 0.15) is 18.9 Å². The zero-order valence-electron chi connectivity index (χ0n) is 10.0. The Bertz CT molecular complexity index is 496. The van der Waals surface area contributed by atoms with E-state index >= 15 is 0 Å². The van der Waals surface area contributed by atoms with Crippen LogP contribution in [0.4, 0.5) is 0 Å². The molecule has 0 bridgehead atoms. The highest BCUT2D eigenvalue weighted by molar-refractivity contribution is 7.89. The van der Waals surface area contributed by atoms with Crippen LogP contribution in [0.25, 0.3) is 0 Å². The lowest BCUT2D eigenvalue weighted by Crippen LogP contribution is -2.35. The number of amides is 1. The lowest BCUT2D eigenvalue weighted by Gasteiger charge is -2.06. The van der Waals surface area contributed by atoms with Gasteiger partial charge in [-0.25, -0.2) is 18.6 Å². The van der Waals surface area contributed by atoms with Gasteiger partial charge < -0.3 is 0 Å². The van der Waals surface area contributed by atoms with Crippen molar-refractivity contribution in [3.8, 4) is 0 Å². The molecule has 0 aliphatic rings. The fourth-order valence-electron chi connectivity index (χ4n) is 1.41. The Kier molecular flexibility index (Phi) is 5.26. The first kappa shape index (κ1) is 14.6. The molecule has 0 saturated heterocycles. The van der Waals surface area contributed by atoms with Crippen molar-refractivity contribution in [2.24, 2.45) is 0 Å². The molecule has 0 aliphatic carbocycles. The fourth-order valence-corrected chi connectivity index (χ4v) is 2.39. The van der Waals surface area contributed by atoms with Crippen molar-refractivity contribution < 1.29 is 18.4 Å². The van der Waals surface area contributed by atoms with E-state index in [1.54, 1.807) is 12.1 Å². The summed E-state index contributed by atoms with van der Waals surface area (Å²) < 4.78 is 25.6. The Morgan fingerprint density at radius 3 is 2.39 bits per heavy atom. The standard InChI is InChI=1S/C11H16N2O4S/c1-2-3-9-4-6-10(7-5-9)18(16,17)12-8-11(14)13-15/h4-7,12,15H,2-3,8H2,1H3,(H,13,14). The molecule has 1 aromatic carbocycles. The van der Waals surface area contributed by atoms with Gasteiger partial charge in [0, 0.05) is 0 Å². The average Bonchev–Trinajstić information content (AvgIpc) is 2.37. The van der Waals surface area contributed by atoms with Crippen LogP contribution in [-0.4, -0.2) is 26.1 Å². The molecule has 0 aromatic heterocycles. The van der Waals surface area contributed by atoms with E-state index in [-0.39, 0.29) is 4.90 Å². The van der Waals surface area contributed by atoms with Crippen LogP contribution in [0.3, 0.4) is 0 Å². The normalized spacial score (nSPS) is 11.2. The second-order valence-corrected chi connectivity index (χ2v) is 5.52. The van der Waals surface area contributed by atoms with Crippen LogP contribution in [0, 0.1) is 0 Å². The third-order valence-electron chi connectivity index (χ3n) is 2.32. The molecule has 0 saturated carbocycles. The van der Waals surface area contributed by atoms with Crippen molar-refractivity contribution in [1.82, 2.24) is 10.2 Å². The molecule has 1 rings (SSSR count). The summed E-state index contributed by atoms with van der Waals surface area (Å²) in [6.45, 7) is 1.54. The largest absolute Gasteiger partial charge is 0.289 e. The van der Waals surface area contributed by atoms with Gasteiger partial charge in [-0.2, -0.15) is 0 Å². The molecule has 1 aromatic rings. The lowest BCUT2D eigenvalue weighted by atomic mass is 10.1. The van der Waals surface area contributed by atoms with E-state index in [0.29, 0.717) is 0 Å². The summed E-state index contributed by atoms with van der Waals surface area (Å²) in [6.07, 6.45) is 1.88. The molecule has 0 spiro atoms. The molecule has 7 heteroatoms. The summed E-state index contributed by atoms with van der Waals surface area (Å²) in [7, 11) is -3.72. The average molecular weight is 272 g/mol. The number of benzene rings is 1. The van der Waals surface area contributed by atoms with Gasteiger partial charge >= 0.3 is 0 Å². The van der Waals surface area contributed by atoms with E-state index in [1.165, 1.54) is 17.6 Å². The Hall–Kier alpha value is -1.44. The van der Waals surface area contributed by atoms with Crippen LogP contribution in [-0.2, 0) is 21.2 Å². The van der Waals surface area contributed by atoms with E-state index in [4.69, 9.17) is 5.21 Å². The molecule has 0 aliphatic heterocycles. The summed E-state index contributed by atoms with van der Waals surface area (Å²) >= 11 is 0. The minimum absolute atomic E-state index is 0.0908. The number of hydroxylamine groups is 1. The van der Waals surface area contributed by atoms with E-state index in [2.05, 4.69) is 4.72 Å². The highest BCUT2D eigenvalue weighted by Crippen LogP contribution is 2.11. The monoisotopic (exact) mass is 272 g/mol. The molecule has 0 atom stereocenters. The second-order valence-electron chi connectivity index (χ2n) is 3.75. The molecule has 6 nitrogen and oxygen atoms in total. The molecule has 0 fully saturated rings. The first-order valence-corrected chi connectivity index (χ1v) is 6.99. The summed E-state index contributed by atoms with van der Waals surface area (Å²) in [5, 5.41) is 8.26. The number of carbonyl (C=O) groups is 1. The maximum Gasteiger partial charge on any atom is 0.258 e. The van der Waals surface area contributed by atoms with Gasteiger partial charge in [-0.15, -0.1) is 0 Å². The Balaban J connectivity index is 2.75. The lowest BCUT2D eigenvalue weighted by molar-refractivity contribution is -0.127. The number of aryl methyl sites for hydroxylation is 1. The highest BCUT2D eigenvalue weighted by Gasteiger charge is 2.14. The van der Waals surface area contributed by atoms with Gasteiger partial charge in [-0.3, -0.25) is 10.0 Å². The minimum Gasteiger partial charge on any atom is -0.289 e. The number of rotatable bonds is 6. The van der Waals surface area contributed by atoms with Gasteiger partial charge in [0.15, 0.2) is 0 Å². The number of hydrogen-bond acceptors (Lipinski definition) is 4. The quantitative estimate of drug-likeness (QED) is 0.516. The number of sulfonamides is 1. The van der Waals surface area contributed by atoms with Gasteiger partial charge in [0.05, 0.1) is 11.4 Å². The van der Waals surface area contributed by atoms with E-state index in [9.17, 15) is 13.2 Å². The Morgan fingerprint density at radius 2 is 1.89 bits per heavy atom.